The Morgan fingerprint density at radius 3 is 1.14 bits per heavy atom. The summed E-state index contributed by atoms with van der Waals surface area (Å²) < 4.78 is 0. The highest BCUT2D eigenvalue weighted by Crippen LogP contribution is 1.20. The van der Waals surface area contributed by atoms with Crippen molar-refractivity contribution in [3.8, 4) is 0 Å². The molecule has 3 nitrogen and oxygen atoms in total. The van der Waals surface area contributed by atoms with Gasteiger partial charge in [-0.15, -0.1) is 24.8 Å². The van der Waals surface area contributed by atoms with Crippen LogP contribution in [0.1, 0.15) is 6.92 Å². The van der Waals surface area contributed by atoms with Crippen LogP contribution in [0.2, 0.25) is 0 Å². The van der Waals surface area contributed by atoms with Gasteiger partial charge in [-0.05, 0) is 6.54 Å². The van der Waals surface area contributed by atoms with E-state index in [1.807, 2.05) is 6.92 Å². The average Bonchev–Trinajstić information content (AvgIpc) is 0.918. The summed E-state index contributed by atoms with van der Waals surface area (Å²) in [6.07, 6.45) is 0. The summed E-state index contributed by atoms with van der Waals surface area (Å²) in [5, 5.41) is 0. The van der Waals surface area contributed by atoms with Gasteiger partial charge in [-0.1, -0.05) is 6.92 Å². The predicted molar refractivity (Wildman–Crippen MR) is 36.5 cm³/mol. The van der Waals surface area contributed by atoms with E-state index < -0.39 is 0 Å². The molecular formula is C2H13Cl2NO2. The zero-order valence-electron chi connectivity index (χ0n) is 4.10. The molecule has 0 aromatic carbocycles. The molecule has 0 rings (SSSR count). The SMILES string of the molecule is CCN.Cl.Cl.O.O. The molecule has 0 spiro atoms. The minimum atomic E-state index is 0. The summed E-state index contributed by atoms with van der Waals surface area (Å²) in [5.41, 5.74) is 4.85. The molecule has 0 saturated heterocycles. The van der Waals surface area contributed by atoms with E-state index >= 15 is 0 Å². The van der Waals surface area contributed by atoms with Crippen molar-refractivity contribution in [2.75, 3.05) is 6.54 Å². The van der Waals surface area contributed by atoms with E-state index in [1.54, 1.807) is 0 Å². The number of nitrogens with two attached hydrogens (primary N) is 1. The van der Waals surface area contributed by atoms with Gasteiger partial charge in [0.2, 0.25) is 0 Å². The third kappa shape index (κ3) is 607. The summed E-state index contributed by atoms with van der Waals surface area (Å²) in [6.45, 7) is 2.65. The third-order valence-corrected chi connectivity index (χ3v) is 0. The monoisotopic (exact) mass is 153 g/mol. The van der Waals surface area contributed by atoms with Crippen molar-refractivity contribution in [2.24, 2.45) is 5.73 Å². The Bertz CT molecular complexity index is 13.7. The van der Waals surface area contributed by atoms with E-state index in [-0.39, 0.29) is 35.8 Å². The molecule has 0 aromatic heterocycles. The van der Waals surface area contributed by atoms with Gasteiger partial charge in [-0.25, -0.2) is 0 Å². The predicted octanol–water partition coefficient (Wildman–Crippen LogP) is -0.841. The molecule has 0 aliphatic carbocycles. The molecule has 0 aliphatic heterocycles. The highest BCUT2D eigenvalue weighted by molar-refractivity contribution is 5.85. The lowest BCUT2D eigenvalue weighted by molar-refractivity contribution is 0.823. The van der Waals surface area contributed by atoms with Crippen LogP contribution in [-0.2, 0) is 0 Å². The zero-order chi connectivity index (χ0) is 2.71. The Kier molecular flexibility index (Phi) is 664. The fourth-order valence-corrected chi connectivity index (χ4v) is 0. The number of hydrogen-bond donors (Lipinski definition) is 1. The van der Waals surface area contributed by atoms with Crippen LogP contribution < -0.4 is 5.73 Å². The summed E-state index contributed by atoms with van der Waals surface area (Å²) in [7, 11) is 0. The maximum Gasteiger partial charge on any atom is -0.0106 e. The Hall–Kier alpha value is 0.460. The largest absolute Gasteiger partial charge is 0.412 e. The normalized spacial score (nSPS) is 2.57. The van der Waals surface area contributed by atoms with Crippen LogP contribution in [0, 0.1) is 0 Å². The molecule has 0 amide bonds. The first kappa shape index (κ1) is 51.4. The molecule has 0 aliphatic rings. The topological polar surface area (TPSA) is 89.0 Å². The van der Waals surface area contributed by atoms with Crippen LogP contribution in [0.25, 0.3) is 0 Å². The molecule has 0 aromatic rings. The second-order valence-corrected chi connectivity index (χ2v) is 0.408. The molecule has 7 heavy (non-hydrogen) atoms. The second-order valence-electron chi connectivity index (χ2n) is 0.408. The van der Waals surface area contributed by atoms with Crippen LogP contribution >= 0.6 is 24.8 Å². The van der Waals surface area contributed by atoms with Crippen LogP contribution in [0.5, 0.6) is 0 Å². The molecule has 0 fully saturated rings. The Morgan fingerprint density at radius 1 is 1.14 bits per heavy atom. The van der Waals surface area contributed by atoms with Crippen LogP contribution in [0.3, 0.4) is 0 Å². The van der Waals surface area contributed by atoms with Crippen LogP contribution in [0.15, 0.2) is 0 Å². The molecule has 0 heterocycles. The first-order chi connectivity index (χ1) is 1.41. The summed E-state index contributed by atoms with van der Waals surface area (Å²) in [6, 6.07) is 0. The lowest BCUT2D eigenvalue weighted by Gasteiger charge is -1.53. The molecule has 52 valence electrons. The highest BCUT2D eigenvalue weighted by Gasteiger charge is 1.32. The van der Waals surface area contributed by atoms with Crippen molar-refractivity contribution in [3.63, 3.8) is 0 Å². The first-order valence-electron chi connectivity index (χ1n) is 1.12. The maximum atomic E-state index is 4.85. The van der Waals surface area contributed by atoms with Gasteiger partial charge in [0.1, 0.15) is 0 Å². The van der Waals surface area contributed by atoms with Crippen molar-refractivity contribution in [1.29, 1.82) is 0 Å². The standard InChI is InChI=1S/C2H7N.2ClH.2H2O/c1-2-3;;;;/h2-3H2,1H3;2*1H;2*1H2. The van der Waals surface area contributed by atoms with Crippen LogP contribution in [0.4, 0.5) is 0 Å². The fourth-order valence-electron chi connectivity index (χ4n) is 0. The molecule has 6 N–H and O–H groups in total. The second kappa shape index (κ2) is 90.3. The highest BCUT2D eigenvalue weighted by atomic mass is 35.5. The van der Waals surface area contributed by atoms with Gasteiger partial charge in [0.25, 0.3) is 0 Å². The summed E-state index contributed by atoms with van der Waals surface area (Å²) in [5.74, 6) is 0. The van der Waals surface area contributed by atoms with Crippen molar-refractivity contribution < 1.29 is 11.0 Å². The Balaban J connectivity index is -0.00000000333. The third-order valence-electron chi connectivity index (χ3n) is 0. The Labute approximate surface area is 55.7 Å². The van der Waals surface area contributed by atoms with E-state index in [0.717, 1.165) is 6.54 Å². The first-order valence-corrected chi connectivity index (χ1v) is 1.12. The minimum absolute atomic E-state index is 0. The van der Waals surface area contributed by atoms with Crippen molar-refractivity contribution >= 4 is 24.8 Å². The van der Waals surface area contributed by atoms with E-state index in [1.165, 1.54) is 0 Å². The zero-order valence-corrected chi connectivity index (χ0v) is 5.73. The summed E-state index contributed by atoms with van der Waals surface area (Å²) in [4.78, 5) is 0. The molecule has 0 saturated carbocycles. The van der Waals surface area contributed by atoms with Gasteiger partial charge >= 0.3 is 0 Å². The number of rotatable bonds is 0. The molecule has 0 unspecified atom stereocenters. The van der Waals surface area contributed by atoms with Gasteiger partial charge in [-0.2, -0.15) is 0 Å². The molecule has 0 atom stereocenters. The van der Waals surface area contributed by atoms with Gasteiger partial charge in [0.05, 0.1) is 0 Å². The van der Waals surface area contributed by atoms with Gasteiger partial charge in [0.15, 0.2) is 0 Å². The lowest BCUT2D eigenvalue weighted by atomic mass is 10.8. The van der Waals surface area contributed by atoms with Crippen molar-refractivity contribution in [1.82, 2.24) is 0 Å². The smallest absolute Gasteiger partial charge is 0.0106 e. The van der Waals surface area contributed by atoms with Gasteiger partial charge in [0, 0.05) is 0 Å². The van der Waals surface area contributed by atoms with E-state index in [2.05, 4.69) is 0 Å². The van der Waals surface area contributed by atoms with E-state index in [0.29, 0.717) is 0 Å². The van der Waals surface area contributed by atoms with E-state index in [9.17, 15) is 0 Å². The Morgan fingerprint density at radius 2 is 1.14 bits per heavy atom. The fraction of sp³-hybridized carbons (Fsp3) is 1.00. The average molecular weight is 154 g/mol. The summed E-state index contributed by atoms with van der Waals surface area (Å²) >= 11 is 0. The van der Waals surface area contributed by atoms with E-state index in [4.69, 9.17) is 5.73 Å². The number of hydrogen-bond acceptors (Lipinski definition) is 1. The lowest BCUT2D eigenvalue weighted by Crippen LogP contribution is -1.87. The molecule has 0 radical (unpaired) electrons. The van der Waals surface area contributed by atoms with Crippen molar-refractivity contribution in [3.05, 3.63) is 0 Å². The number of halogens is 2. The van der Waals surface area contributed by atoms with Gasteiger partial charge < -0.3 is 16.7 Å². The quantitative estimate of drug-likeness (QED) is 0.484. The van der Waals surface area contributed by atoms with Crippen molar-refractivity contribution in [2.45, 2.75) is 6.92 Å². The molecular weight excluding hydrogens is 141 g/mol. The van der Waals surface area contributed by atoms with Gasteiger partial charge in [-0.3, -0.25) is 0 Å². The molecule has 5 heteroatoms. The van der Waals surface area contributed by atoms with Crippen LogP contribution in [-0.4, -0.2) is 17.5 Å². The minimum Gasteiger partial charge on any atom is -0.412 e. The molecule has 0 bridgehead atoms. The maximum absolute atomic E-state index is 4.85.